The number of pyridine rings is 1. The number of ether oxygens (including phenoxy) is 1. The Labute approximate surface area is 223 Å². The summed E-state index contributed by atoms with van der Waals surface area (Å²) >= 11 is 0. The van der Waals surface area contributed by atoms with Gasteiger partial charge in [0.15, 0.2) is 0 Å². The number of hydrogen-bond acceptors (Lipinski definition) is 6. The second-order valence-corrected chi connectivity index (χ2v) is 11.2. The molecule has 4 heterocycles. The number of benzene rings is 1. The van der Waals surface area contributed by atoms with Gasteiger partial charge in [-0.05, 0) is 83.1 Å². The van der Waals surface area contributed by atoms with Crippen molar-refractivity contribution in [3.63, 3.8) is 0 Å². The number of nitrogens with one attached hydrogen (secondary N) is 2. The van der Waals surface area contributed by atoms with Gasteiger partial charge in [0, 0.05) is 55.0 Å². The zero-order chi connectivity index (χ0) is 27.0. The number of nitrogens with zero attached hydrogens (tertiary/aromatic N) is 5. The van der Waals surface area contributed by atoms with E-state index >= 15 is 0 Å². The summed E-state index contributed by atoms with van der Waals surface area (Å²) < 4.78 is 7.48. The summed E-state index contributed by atoms with van der Waals surface area (Å²) in [4.78, 5) is 24.4. The summed E-state index contributed by atoms with van der Waals surface area (Å²) in [5.41, 5.74) is 6.99. The third-order valence-corrected chi connectivity index (χ3v) is 6.76. The molecule has 0 radical (unpaired) electrons. The molecular weight excluding hydrogens is 478 g/mol. The van der Waals surface area contributed by atoms with Gasteiger partial charge in [-0.15, -0.1) is 0 Å². The molecule has 0 aliphatic carbocycles. The van der Waals surface area contributed by atoms with Crippen LogP contribution in [-0.2, 0) is 18.2 Å². The van der Waals surface area contributed by atoms with Crippen LogP contribution in [0.15, 0.2) is 42.7 Å². The molecule has 200 valence electrons. The van der Waals surface area contributed by atoms with E-state index in [1.807, 2.05) is 51.0 Å². The number of rotatable bonds is 6. The fourth-order valence-electron chi connectivity index (χ4n) is 4.90. The van der Waals surface area contributed by atoms with Gasteiger partial charge >= 0.3 is 6.09 Å². The summed E-state index contributed by atoms with van der Waals surface area (Å²) in [6, 6.07) is 8.53. The summed E-state index contributed by atoms with van der Waals surface area (Å²) in [5, 5.41) is 10.3. The number of aromatic nitrogens is 4. The Morgan fingerprint density at radius 3 is 2.76 bits per heavy atom. The van der Waals surface area contributed by atoms with E-state index in [0.717, 1.165) is 52.9 Å². The molecule has 0 spiro atoms. The summed E-state index contributed by atoms with van der Waals surface area (Å²) in [7, 11) is 6.18. The van der Waals surface area contributed by atoms with Crippen LogP contribution < -0.4 is 5.32 Å². The lowest BCUT2D eigenvalue weighted by atomic mass is 10.0. The van der Waals surface area contributed by atoms with Crippen LogP contribution in [0.25, 0.3) is 27.5 Å². The van der Waals surface area contributed by atoms with Gasteiger partial charge in [0.1, 0.15) is 11.2 Å². The molecule has 0 atom stereocenters. The van der Waals surface area contributed by atoms with E-state index in [2.05, 4.69) is 63.7 Å². The van der Waals surface area contributed by atoms with E-state index in [1.54, 1.807) is 4.90 Å². The van der Waals surface area contributed by atoms with E-state index < -0.39 is 5.60 Å². The normalized spacial score (nSPS) is 14.4. The van der Waals surface area contributed by atoms with E-state index in [4.69, 9.17) is 4.74 Å². The summed E-state index contributed by atoms with van der Waals surface area (Å²) in [6.07, 6.45) is 7.26. The SMILES string of the molecule is CN(C)CCc1cc(Nc2ccnc3[nH]c(C4=CCN(C(=O)OC(C)(C)C)CC4)cc23)cc2cnn(C)c12. The van der Waals surface area contributed by atoms with E-state index in [0.29, 0.717) is 13.1 Å². The van der Waals surface area contributed by atoms with Crippen molar-refractivity contribution in [2.75, 3.05) is 39.0 Å². The number of anilines is 2. The number of fused-ring (bicyclic) bond motifs is 2. The fourth-order valence-corrected chi connectivity index (χ4v) is 4.90. The highest BCUT2D eigenvalue weighted by Crippen LogP contribution is 2.32. The second-order valence-electron chi connectivity index (χ2n) is 11.2. The maximum absolute atomic E-state index is 12.4. The van der Waals surface area contributed by atoms with Crippen LogP contribution in [0, 0.1) is 0 Å². The highest BCUT2D eigenvalue weighted by Gasteiger charge is 2.24. The first-order valence-corrected chi connectivity index (χ1v) is 13.1. The van der Waals surface area contributed by atoms with Gasteiger partial charge in [-0.2, -0.15) is 5.10 Å². The quantitative estimate of drug-likeness (QED) is 0.361. The van der Waals surface area contributed by atoms with Gasteiger partial charge in [0.2, 0.25) is 0 Å². The number of carbonyl (C=O) groups is 1. The molecule has 0 unspecified atom stereocenters. The smallest absolute Gasteiger partial charge is 0.410 e. The minimum absolute atomic E-state index is 0.270. The molecule has 1 aliphatic rings. The number of likely N-dealkylation sites (N-methyl/N-ethyl adjacent to an activating group) is 1. The summed E-state index contributed by atoms with van der Waals surface area (Å²) in [6.45, 7) is 7.77. The van der Waals surface area contributed by atoms with Crippen LogP contribution >= 0.6 is 0 Å². The van der Waals surface area contributed by atoms with Crippen molar-refractivity contribution in [1.29, 1.82) is 0 Å². The average molecular weight is 516 g/mol. The molecule has 2 N–H and O–H groups in total. The molecule has 9 heteroatoms. The van der Waals surface area contributed by atoms with E-state index in [9.17, 15) is 4.79 Å². The first kappa shape index (κ1) is 25.8. The second kappa shape index (κ2) is 10.1. The zero-order valence-corrected chi connectivity index (χ0v) is 23.1. The van der Waals surface area contributed by atoms with Crippen molar-refractivity contribution < 1.29 is 9.53 Å². The standard InChI is InChI=1S/C29H37N7O2/c1-29(2,3)38-28(37)36-13-9-19(10-14-36)25-17-23-24(7-11-30-27(23)33-25)32-22-15-20(8-12-34(4)5)26-21(16-22)18-31-35(26)6/h7,9,11,15-18H,8,10,12-14H2,1-6H3,(H2,30,32,33). The third kappa shape index (κ3) is 5.52. The van der Waals surface area contributed by atoms with Crippen molar-refractivity contribution in [2.45, 2.75) is 39.2 Å². The molecule has 5 rings (SSSR count). The molecule has 0 saturated heterocycles. The Kier molecular flexibility index (Phi) is 6.88. The largest absolute Gasteiger partial charge is 0.444 e. The molecule has 9 nitrogen and oxygen atoms in total. The first-order chi connectivity index (χ1) is 18.1. The minimum Gasteiger partial charge on any atom is -0.444 e. The lowest BCUT2D eigenvalue weighted by Gasteiger charge is -2.29. The van der Waals surface area contributed by atoms with Crippen LogP contribution in [0.4, 0.5) is 16.2 Å². The maximum Gasteiger partial charge on any atom is 0.410 e. The Morgan fingerprint density at radius 1 is 1.24 bits per heavy atom. The molecule has 0 saturated carbocycles. The topological polar surface area (TPSA) is 91.3 Å². The number of amides is 1. The minimum atomic E-state index is -0.498. The molecule has 38 heavy (non-hydrogen) atoms. The molecule has 1 aromatic carbocycles. The average Bonchev–Trinajstić information content (AvgIpc) is 3.46. The Balaban J connectivity index is 1.39. The van der Waals surface area contributed by atoms with Gasteiger partial charge in [-0.25, -0.2) is 9.78 Å². The highest BCUT2D eigenvalue weighted by atomic mass is 16.6. The first-order valence-electron chi connectivity index (χ1n) is 13.1. The van der Waals surface area contributed by atoms with Crippen LogP contribution in [0.1, 0.15) is 38.4 Å². The van der Waals surface area contributed by atoms with Gasteiger partial charge < -0.3 is 24.8 Å². The maximum atomic E-state index is 12.4. The number of carbonyl (C=O) groups excluding carboxylic acids is 1. The number of H-pyrrole nitrogens is 1. The molecular formula is C29H37N7O2. The van der Waals surface area contributed by atoms with Crippen LogP contribution in [0.2, 0.25) is 0 Å². The van der Waals surface area contributed by atoms with Crippen molar-refractivity contribution in [1.82, 2.24) is 29.5 Å². The Hall–Kier alpha value is -3.85. The van der Waals surface area contributed by atoms with Crippen molar-refractivity contribution >= 4 is 45.0 Å². The predicted molar refractivity (Wildman–Crippen MR) is 153 cm³/mol. The van der Waals surface area contributed by atoms with Gasteiger partial charge in [-0.3, -0.25) is 4.68 Å². The fraction of sp³-hybridized carbons (Fsp3) is 0.414. The van der Waals surface area contributed by atoms with Crippen molar-refractivity contribution in [3.05, 3.63) is 54.0 Å². The van der Waals surface area contributed by atoms with E-state index in [-0.39, 0.29) is 6.09 Å². The van der Waals surface area contributed by atoms with Crippen molar-refractivity contribution in [3.8, 4) is 0 Å². The summed E-state index contributed by atoms with van der Waals surface area (Å²) in [5.74, 6) is 0. The Bertz CT molecular complexity index is 1510. The number of hydrogen-bond donors (Lipinski definition) is 2. The lowest BCUT2D eigenvalue weighted by Crippen LogP contribution is -2.39. The van der Waals surface area contributed by atoms with Gasteiger partial charge in [0.05, 0.1) is 17.4 Å². The molecule has 0 bridgehead atoms. The number of aryl methyl sites for hydroxylation is 1. The van der Waals surface area contributed by atoms with Gasteiger partial charge in [0.25, 0.3) is 0 Å². The molecule has 4 aromatic rings. The van der Waals surface area contributed by atoms with Crippen molar-refractivity contribution in [2.24, 2.45) is 7.05 Å². The monoisotopic (exact) mass is 515 g/mol. The zero-order valence-electron chi connectivity index (χ0n) is 23.1. The third-order valence-electron chi connectivity index (χ3n) is 6.76. The number of aromatic amines is 1. The van der Waals surface area contributed by atoms with Crippen LogP contribution in [0.3, 0.4) is 0 Å². The molecule has 0 fully saturated rings. The van der Waals surface area contributed by atoms with Crippen LogP contribution in [-0.4, -0.2) is 75.0 Å². The predicted octanol–water partition coefficient (Wildman–Crippen LogP) is 5.32. The highest BCUT2D eigenvalue weighted by molar-refractivity contribution is 5.95. The molecule has 3 aromatic heterocycles. The van der Waals surface area contributed by atoms with Crippen LogP contribution in [0.5, 0.6) is 0 Å². The molecule has 1 aliphatic heterocycles. The lowest BCUT2D eigenvalue weighted by molar-refractivity contribution is 0.0270. The molecule has 1 amide bonds. The Morgan fingerprint density at radius 2 is 2.05 bits per heavy atom. The van der Waals surface area contributed by atoms with E-state index in [1.165, 1.54) is 16.7 Å². The van der Waals surface area contributed by atoms with Gasteiger partial charge in [-0.1, -0.05) is 6.08 Å².